The lowest BCUT2D eigenvalue weighted by Crippen LogP contribution is -2.22. The standard InChI is InChI=1S/C16H20FNO2/c1-11(2)18-9-16-13(6-7-19-16)10-20-15-5-4-14(17)8-12(15)3/h4-8,11,18H,9-10H2,1-3H3. The first kappa shape index (κ1) is 14.6. The summed E-state index contributed by atoms with van der Waals surface area (Å²) in [5, 5.41) is 3.31. The minimum atomic E-state index is -0.250. The van der Waals surface area contributed by atoms with Crippen LogP contribution in [0.3, 0.4) is 0 Å². The monoisotopic (exact) mass is 277 g/mol. The van der Waals surface area contributed by atoms with Gasteiger partial charge in [0, 0.05) is 11.6 Å². The molecule has 0 aliphatic rings. The first-order chi connectivity index (χ1) is 9.56. The van der Waals surface area contributed by atoms with Gasteiger partial charge in [0.1, 0.15) is 23.9 Å². The Kier molecular flexibility index (Phi) is 4.79. The van der Waals surface area contributed by atoms with Gasteiger partial charge >= 0.3 is 0 Å². The average molecular weight is 277 g/mol. The molecule has 4 heteroatoms. The molecule has 0 aliphatic heterocycles. The Balaban J connectivity index is 1.98. The van der Waals surface area contributed by atoms with Gasteiger partial charge < -0.3 is 14.5 Å². The molecule has 0 unspecified atom stereocenters. The Bertz CT molecular complexity index is 563. The number of halogens is 1. The SMILES string of the molecule is Cc1cc(F)ccc1OCc1ccoc1CNC(C)C. The quantitative estimate of drug-likeness (QED) is 0.872. The lowest BCUT2D eigenvalue weighted by atomic mass is 10.2. The van der Waals surface area contributed by atoms with Gasteiger partial charge in [-0.05, 0) is 36.8 Å². The molecule has 1 aromatic heterocycles. The van der Waals surface area contributed by atoms with Crippen LogP contribution in [0.1, 0.15) is 30.7 Å². The average Bonchev–Trinajstić information content (AvgIpc) is 2.83. The Morgan fingerprint density at radius 3 is 2.80 bits per heavy atom. The largest absolute Gasteiger partial charge is 0.488 e. The lowest BCUT2D eigenvalue weighted by molar-refractivity contribution is 0.298. The zero-order valence-electron chi connectivity index (χ0n) is 12.1. The van der Waals surface area contributed by atoms with Gasteiger partial charge in [0.2, 0.25) is 0 Å². The molecule has 1 aromatic carbocycles. The van der Waals surface area contributed by atoms with Gasteiger partial charge in [-0.3, -0.25) is 0 Å². The number of nitrogens with one attached hydrogen (secondary N) is 1. The van der Waals surface area contributed by atoms with Gasteiger partial charge in [-0.25, -0.2) is 4.39 Å². The second-order valence-electron chi connectivity index (χ2n) is 5.10. The van der Waals surface area contributed by atoms with Gasteiger partial charge in [-0.1, -0.05) is 13.8 Å². The van der Waals surface area contributed by atoms with E-state index >= 15 is 0 Å². The first-order valence-corrected chi connectivity index (χ1v) is 6.74. The van der Waals surface area contributed by atoms with E-state index in [1.54, 1.807) is 12.3 Å². The molecule has 108 valence electrons. The summed E-state index contributed by atoms with van der Waals surface area (Å²) in [5.41, 5.74) is 1.79. The highest BCUT2D eigenvalue weighted by molar-refractivity contribution is 5.33. The highest BCUT2D eigenvalue weighted by atomic mass is 19.1. The minimum absolute atomic E-state index is 0.250. The second kappa shape index (κ2) is 6.57. The fourth-order valence-corrected chi connectivity index (χ4v) is 1.88. The number of aryl methyl sites for hydroxylation is 1. The molecule has 1 heterocycles. The molecule has 0 saturated heterocycles. The molecule has 20 heavy (non-hydrogen) atoms. The first-order valence-electron chi connectivity index (χ1n) is 6.74. The number of hydrogen-bond acceptors (Lipinski definition) is 3. The molecule has 3 nitrogen and oxygen atoms in total. The normalized spacial score (nSPS) is 11.1. The summed E-state index contributed by atoms with van der Waals surface area (Å²) in [6, 6.07) is 6.81. The predicted molar refractivity (Wildman–Crippen MR) is 76.2 cm³/mol. The molecule has 0 spiro atoms. The predicted octanol–water partition coefficient (Wildman–Crippen LogP) is 3.80. The molecule has 1 N–H and O–H groups in total. The van der Waals surface area contributed by atoms with Crippen LogP contribution in [-0.4, -0.2) is 6.04 Å². The molecule has 0 atom stereocenters. The van der Waals surface area contributed by atoms with Crippen molar-refractivity contribution in [3.63, 3.8) is 0 Å². The maximum Gasteiger partial charge on any atom is 0.124 e. The van der Waals surface area contributed by atoms with Gasteiger partial charge in [0.25, 0.3) is 0 Å². The van der Waals surface area contributed by atoms with Crippen molar-refractivity contribution in [2.24, 2.45) is 0 Å². The molecule has 0 aliphatic carbocycles. The smallest absolute Gasteiger partial charge is 0.124 e. The second-order valence-corrected chi connectivity index (χ2v) is 5.10. The molecule has 0 amide bonds. The summed E-state index contributed by atoms with van der Waals surface area (Å²) in [6.45, 7) is 7.08. The van der Waals surface area contributed by atoms with Crippen LogP contribution in [-0.2, 0) is 13.2 Å². The van der Waals surface area contributed by atoms with Crippen molar-refractivity contribution in [3.05, 3.63) is 53.2 Å². The van der Waals surface area contributed by atoms with E-state index in [2.05, 4.69) is 19.2 Å². The Morgan fingerprint density at radius 1 is 1.30 bits per heavy atom. The maximum atomic E-state index is 13.0. The minimum Gasteiger partial charge on any atom is -0.488 e. The van der Waals surface area contributed by atoms with Crippen molar-refractivity contribution >= 4 is 0 Å². The topological polar surface area (TPSA) is 34.4 Å². The lowest BCUT2D eigenvalue weighted by Gasteiger charge is -2.10. The van der Waals surface area contributed by atoms with Crippen LogP contribution in [0.15, 0.2) is 34.9 Å². The molecule has 0 bridgehead atoms. The van der Waals surface area contributed by atoms with Crippen molar-refractivity contribution in [3.8, 4) is 5.75 Å². The molecule has 2 aromatic rings. The van der Waals surface area contributed by atoms with E-state index < -0.39 is 0 Å². The molecular formula is C16H20FNO2. The van der Waals surface area contributed by atoms with E-state index in [0.29, 0.717) is 24.9 Å². The van der Waals surface area contributed by atoms with E-state index in [1.165, 1.54) is 12.1 Å². The molecule has 2 rings (SSSR count). The van der Waals surface area contributed by atoms with Crippen LogP contribution < -0.4 is 10.1 Å². The van der Waals surface area contributed by atoms with Gasteiger partial charge in [-0.2, -0.15) is 0 Å². The molecule has 0 fully saturated rings. The summed E-state index contributed by atoms with van der Waals surface area (Å²) in [7, 11) is 0. The van der Waals surface area contributed by atoms with Crippen LogP contribution >= 0.6 is 0 Å². The summed E-state index contributed by atoms with van der Waals surface area (Å²) in [5.74, 6) is 1.31. The van der Waals surface area contributed by atoms with E-state index in [4.69, 9.17) is 9.15 Å². The Morgan fingerprint density at radius 2 is 2.10 bits per heavy atom. The number of rotatable bonds is 6. The van der Waals surface area contributed by atoms with Crippen molar-refractivity contribution in [2.45, 2.75) is 40.0 Å². The zero-order chi connectivity index (χ0) is 14.5. The molecule has 0 saturated carbocycles. The van der Waals surface area contributed by atoms with Crippen LogP contribution in [0.4, 0.5) is 4.39 Å². The fraction of sp³-hybridized carbons (Fsp3) is 0.375. The van der Waals surface area contributed by atoms with Crippen molar-refractivity contribution < 1.29 is 13.5 Å². The van der Waals surface area contributed by atoms with Gasteiger partial charge in [0.15, 0.2) is 0 Å². The number of benzene rings is 1. The third kappa shape index (κ3) is 3.84. The van der Waals surface area contributed by atoms with E-state index in [0.717, 1.165) is 16.9 Å². The van der Waals surface area contributed by atoms with Crippen LogP contribution in [0.5, 0.6) is 5.75 Å². The number of furan rings is 1. The Labute approximate surface area is 118 Å². The van der Waals surface area contributed by atoms with Crippen LogP contribution in [0.25, 0.3) is 0 Å². The molecule has 0 radical (unpaired) electrons. The fourth-order valence-electron chi connectivity index (χ4n) is 1.88. The highest BCUT2D eigenvalue weighted by Gasteiger charge is 2.09. The Hall–Kier alpha value is -1.81. The van der Waals surface area contributed by atoms with E-state index in [1.807, 2.05) is 13.0 Å². The summed E-state index contributed by atoms with van der Waals surface area (Å²) >= 11 is 0. The zero-order valence-corrected chi connectivity index (χ0v) is 12.1. The number of ether oxygens (including phenoxy) is 1. The summed E-state index contributed by atoms with van der Waals surface area (Å²) < 4.78 is 24.2. The maximum absolute atomic E-state index is 13.0. The van der Waals surface area contributed by atoms with Gasteiger partial charge in [-0.15, -0.1) is 0 Å². The van der Waals surface area contributed by atoms with Crippen molar-refractivity contribution in [2.75, 3.05) is 0 Å². The summed E-state index contributed by atoms with van der Waals surface area (Å²) in [6.07, 6.45) is 1.66. The van der Waals surface area contributed by atoms with Crippen LogP contribution in [0, 0.1) is 12.7 Å². The third-order valence-corrected chi connectivity index (χ3v) is 3.03. The van der Waals surface area contributed by atoms with Crippen molar-refractivity contribution in [1.82, 2.24) is 5.32 Å². The van der Waals surface area contributed by atoms with E-state index in [-0.39, 0.29) is 5.82 Å². The summed E-state index contributed by atoms with van der Waals surface area (Å²) in [4.78, 5) is 0. The van der Waals surface area contributed by atoms with Crippen molar-refractivity contribution in [1.29, 1.82) is 0 Å². The van der Waals surface area contributed by atoms with Gasteiger partial charge in [0.05, 0.1) is 12.8 Å². The molecular weight excluding hydrogens is 257 g/mol. The highest BCUT2D eigenvalue weighted by Crippen LogP contribution is 2.21. The number of hydrogen-bond donors (Lipinski definition) is 1. The third-order valence-electron chi connectivity index (χ3n) is 3.03. The van der Waals surface area contributed by atoms with E-state index in [9.17, 15) is 4.39 Å². The van der Waals surface area contributed by atoms with Crippen LogP contribution in [0.2, 0.25) is 0 Å².